The number of nitrogens with zero attached hydrogens (tertiary/aromatic N) is 1. The highest BCUT2D eigenvalue weighted by Crippen LogP contribution is 2.32. The van der Waals surface area contributed by atoms with E-state index in [4.69, 9.17) is 10.5 Å². The van der Waals surface area contributed by atoms with Crippen LogP contribution in [-0.2, 0) is 16.0 Å². The Balaban J connectivity index is 2.11. The van der Waals surface area contributed by atoms with Crippen molar-refractivity contribution in [1.29, 1.82) is 0 Å². The number of benzene rings is 1. The van der Waals surface area contributed by atoms with E-state index < -0.39 is 0 Å². The van der Waals surface area contributed by atoms with Gasteiger partial charge in [0.05, 0.1) is 0 Å². The lowest BCUT2D eigenvalue weighted by atomic mass is 10.1. The van der Waals surface area contributed by atoms with Crippen molar-refractivity contribution in [3.8, 4) is 0 Å². The van der Waals surface area contributed by atoms with Gasteiger partial charge in [-0.25, -0.2) is 0 Å². The summed E-state index contributed by atoms with van der Waals surface area (Å²) in [6.07, 6.45) is 2.22. The number of hydrogen-bond acceptors (Lipinski definition) is 3. The fourth-order valence-corrected chi connectivity index (χ4v) is 2.34. The van der Waals surface area contributed by atoms with Crippen LogP contribution in [0.15, 0.2) is 12.1 Å². The van der Waals surface area contributed by atoms with Gasteiger partial charge < -0.3 is 15.4 Å². The molecular weight excluding hydrogens is 228 g/mol. The second-order valence-electron chi connectivity index (χ2n) is 4.73. The van der Waals surface area contributed by atoms with Crippen LogP contribution in [0.5, 0.6) is 0 Å². The first kappa shape index (κ1) is 12.9. The second kappa shape index (κ2) is 5.40. The predicted octanol–water partition coefficient (Wildman–Crippen LogP) is 1.89. The van der Waals surface area contributed by atoms with E-state index in [0.717, 1.165) is 36.3 Å². The van der Waals surface area contributed by atoms with Gasteiger partial charge >= 0.3 is 0 Å². The van der Waals surface area contributed by atoms with Crippen LogP contribution in [0, 0.1) is 6.92 Å². The van der Waals surface area contributed by atoms with E-state index >= 15 is 0 Å². The molecule has 0 aromatic heterocycles. The normalized spacial score (nSPS) is 13.8. The van der Waals surface area contributed by atoms with Crippen LogP contribution < -0.4 is 10.6 Å². The summed E-state index contributed by atoms with van der Waals surface area (Å²) in [6.45, 7) is 3.39. The number of hydrogen-bond donors (Lipinski definition) is 1. The van der Waals surface area contributed by atoms with Crippen LogP contribution in [-0.4, -0.2) is 26.2 Å². The molecule has 0 bridgehead atoms. The first-order chi connectivity index (χ1) is 8.63. The molecule has 2 N–H and O–H groups in total. The molecule has 2 rings (SSSR count). The van der Waals surface area contributed by atoms with E-state index in [2.05, 4.69) is 6.07 Å². The van der Waals surface area contributed by atoms with E-state index in [-0.39, 0.29) is 5.91 Å². The first-order valence-electron chi connectivity index (χ1n) is 6.31. The van der Waals surface area contributed by atoms with Gasteiger partial charge in [-0.2, -0.15) is 0 Å². The van der Waals surface area contributed by atoms with Crippen LogP contribution in [0.2, 0.25) is 0 Å². The van der Waals surface area contributed by atoms with Gasteiger partial charge in [0.25, 0.3) is 0 Å². The topological polar surface area (TPSA) is 55.6 Å². The number of carbonyl (C=O) groups excluding carboxylic acids is 1. The molecule has 0 spiro atoms. The molecule has 1 amide bonds. The Morgan fingerprint density at radius 3 is 3.00 bits per heavy atom. The zero-order valence-corrected chi connectivity index (χ0v) is 11.0. The molecule has 0 atom stereocenters. The van der Waals surface area contributed by atoms with Crippen molar-refractivity contribution < 1.29 is 9.53 Å². The molecule has 1 aromatic carbocycles. The number of rotatable bonds is 4. The lowest BCUT2D eigenvalue weighted by molar-refractivity contribution is -0.118. The third-order valence-corrected chi connectivity index (χ3v) is 3.40. The molecule has 4 heteroatoms. The lowest BCUT2D eigenvalue weighted by Crippen LogP contribution is -2.28. The molecule has 1 aromatic rings. The molecule has 1 heterocycles. The number of nitrogens with two attached hydrogens (primary N) is 1. The average molecular weight is 248 g/mol. The van der Waals surface area contributed by atoms with E-state index in [1.165, 1.54) is 5.56 Å². The fourth-order valence-electron chi connectivity index (χ4n) is 2.34. The van der Waals surface area contributed by atoms with Crippen LogP contribution in [0.1, 0.15) is 24.0 Å². The van der Waals surface area contributed by atoms with Gasteiger partial charge in [0.1, 0.15) is 0 Å². The molecule has 98 valence electrons. The Morgan fingerprint density at radius 1 is 1.50 bits per heavy atom. The molecule has 0 aliphatic carbocycles. The van der Waals surface area contributed by atoms with Gasteiger partial charge in [-0.3, -0.25) is 4.79 Å². The number of fused-ring (bicyclic) bond motifs is 1. The number of amides is 1. The number of ether oxygens (including phenoxy) is 1. The summed E-state index contributed by atoms with van der Waals surface area (Å²) < 4.78 is 4.97. The lowest BCUT2D eigenvalue weighted by Gasteiger charge is -2.18. The average Bonchev–Trinajstić information content (AvgIpc) is 2.73. The summed E-state index contributed by atoms with van der Waals surface area (Å²) in [5.74, 6) is 0.161. The van der Waals surface area contributed by atoms with Gasteiger partial charge in [-0.05, 0) is 37.0 Å². The summed E-state index contributed by atoms with van der Waals surface area (Å²) in [7, 11) is 1.65. The molecule has 0 saturated heterocycles. The minimum Gasteiger partial charge on any atom is -0.398 e. The third-order valence-electron chi connectivity index (χ3n) is 3.40. The number of anilines is 2. The molecule has 18 heavy (non-hydrogen) atoms. The van der Waals surface area contributed by atoms with E-state index in [1.807, 2.05) is 17.9 Å². The van der Waals surface area contributed by atoms with E-state index in [1.54, 1.807) is 7.11 Å². The van der Waals surface area contributed by atoms with E-state index in [0.29, 0.717) is 13.0 Å². The Bertz CT molecular complexity index is 457. The van der Waals surface area contributed by atoms with Gasteiger partial charge in [0.15, 0.2) is 0 Å². The highest BCUT2D eigenvalue weighted by Gasteiger charge is 2.24. The molecule has 0 fully saturated rings. The number of methoxy groups -OCH3 is 1. The highest BCUT2D eigenvalue weighted by molar-refractivity contribution is 5.96. The van der Waals surface area contributed by atoms with Crippen molar-refractivity contribution in [1.82, 2.24) is 0 Å². The Morgan fingerprint density at radius 2 is 2.28 bits per heavy atom. The second-order valence-corrected chi connectivity index (χ2v) is 4.73. The van der Waals surface area contributed by atoms with Crippen LogP contribution in [0.3, 0.4) is 0 Å². The summed E-state index contributed by atoms with van der Waals surface area (Å²) in [5.41, 5.74) is 9.97. The van der Waals surface area contributed by atoms with Crippen molar-refractivity contribution in [3.05, 3.63) is 23.3 Å². The molecule has 4 nitrogen and oxygen atoms in total. The fraction of sp³-hybridized carbons (Fsp3) is 0.500. The van der Waals surface area contributed by atoms with Gasteiger partial charge in [-0.1, -0.05) is 6.07 Å². The smallest absolute Gasteiger partial charge is 0.227 e. The maximum atomic E-state index is 12.1. The van der Waals surface area contributed by atoms with Crippen molar-refractivity contribution in [3.63, 3.8) is 0 Å². The number of nitrogen functional groups attached to an aromatic ring is 1. The monoisotopic (exact) mass is 248 g/mol. The largest absolute Gasteiger partial charge is 0.398 e. The van der Waals surface area contributed by atoms with Crippen LogP contribution >= 0.6 is 0 Å². The third kappa shape index (κ3) is 2.48. The number of carbonyl (C=O) groups is 1. The van der Waals surface area contributed by atoms with Crippen molar-refractivity contribution >= 4 is 17.3 Å². The first-order valence-corrected chi connectivity index (χ1v) is 6.31. The Kier molecular flexibility index (Phi) is 3.87. The van der Waals surface area contributed by atoms with Crippen molar-refractivity contribution in [2.24, 2.45) is 0 Å². The summed E-state index contributed by atoms with van der Waals surface area (Å²) in [5, 5.41) is 0. The summed E-state index contributed by atoms with van der Waals surface area (Å²) in [6, 6.07) is 4.01. The number of aryl methyl sites for hydroxylation is 1. The zero-order chi connectivity index (χ0) is 13.1. The van der Waals surface area contributed by atoms with Crippen LogP contribution in [0.4, 0.5) is 11.4 Å². The van der Waals surface area contributed by atoms with Crippen LogP contribution in [0.25, 0.3) is 0 Å². The van der Waals surface area contributed by atoms with Gasteiger partial charge in [0, 0.05) is 38.1 Å². The van der Waals surface area contributed by atoms with Crippen molar-refractivity contribution in [2.45, 2.75) is 26.2 Å². The standard InChI is InChI=1S/C14H20N2O2/c1-10-8-11-5-6-16(13(11)9-12(10)15)14(17)4-3-7-18-2/h8-9H,3-7,15H2,1-2H3. The Hall–Kier alpha value is -1.55. The minimum atomic E-state index is 0.161. The molecule has 0 saturated carbocycles. The molecule has 1 aliphatic rings. The zero-order valence-electron chi connectivity index (χ0n) is 11.0. The maximum Gasteiger partial charge on any atom is 0.227 e. The molecule has 0 unspecified atom stereocenters. The van der Waals surface area contributed by atoms with E-state index in [9.17, 15) is 4.79 Å². The van der Waals surface area contributed by atoms with Gasteiger partial charge in [-0.15, -0.1) is 0 Å². The molecule has 1 aliphatic heterocycles. The predicted molar refractivity (Wildman–Crippen MR) is 72.8 cm³/mol. The summed E-state index contributed by atoms with van der Waals surface area (Å²) in [4.78, 5) is 14.0. The minimum absolute atomic E-state index is 0.161. The molecular formula is C14H20N2O2. The maximum absolute atomic E-state index is 12.1. The SMILES string of the molecule is COCCCC(=O)N1CCc2cc(C)c(N)cc21. The summed E-state index contributed by atoms with van der Waals surface area (Å²) >= 11 is 0. The van der Waals surface area contributed by atoms with Gasteiger partial charge in [0.2, 0.25) is 5.91 Å². The van der Waals surface area contributed by atoms with Crippen molar-refractivity contribution in [2.75, 3.05) is 30.9 Å². The molecule has 0 radical (unpaired) electrons. The Labute approximate surface area is 108 Å². The highest BCUT2D eigenvalue weighted by atomic mass is 16.5. The quantitative estimate of drug-likeness (QED) is 0.654.